The molecule has 8 nitrogen and oxygen atoms in total. The molecule has 0 aliphatic carbocycles. The summed E-state index contributed by atoms with van der Waals surface area (Å²) in [7, 11) is -2.98. The number of nitrogens with one attached hydrogen (secondary N) is 2. The third-order valence-electron chi connectivity index (χ3n) is 2.73. The molecule has 1 heterocycles. The van der Waals surface area contributed by atoms with Crippen molar-refractivity contribution in [3.05, 3.63) is 0 Å². The summed E-state index contributed by atoms with van der Waals surface area (Å²) in [6.07, 6.45) is 0.522. The van der Waals surface area contributed by atoms with Crippen LogP contribution in [0.5, 0.6) is 0 Å². The lowest BCUT2D eigenvalue weighted by Crippen LogP contribution is -2.49. The Balaban J connectivity index is 2.20. The Morgan fingerprint density at radius 1 is 1.26 bits per heavy atom. The molecule has 0 aromatic rings. The lowest BCUT2D eigenvalue weighted by Gasteiger charge is -2.20. The van der Waals surface area contributed by atoms with E-state index in [1.165, 1.54) is 11.8 Å². The van der Waals surface area contributed by atoms with E-state index in [-0.39, 0.29) is 22.5 Å². The molecule has 0 spiro atoms. The Kier molecular flexibility index (Phi) is 6.87. The highest BCUT2D eigenvalue weighted by molar-refractivity contribution is 8.02. The Bertz CT molecular complexity index is 568. The predicted molar refractivity (Wildman–Crippen MR) is 86.9 cm³/mol. The Hall–Kier alpha value is -1.29. The first-order valence-corrected chi connectivity index (χ1v) is 9.93. The van der Waals surface area contributed by atoms with Crippen molar-refractivity contribution in [3.63, 3.8) is 0 Å². The van der Waals surface area contributed by atoms with E-state index in [0.717, 1.165) is 0 Å². The van der Waals surface area contributed by atoms with Crippen molar-refractivity contribution < 1.29 is 27.5 Å². The molecule has 0 radical (unpaired) electrons. The zero-order valence-corrected chi connectivity index (χ0v) is 15.0. The molecule has 0 aromatic heterocycles. The van der Waals surface area contributed by atoms with Gasteiger partial charge in [-0.15, -0.1) is 11.8 Å². The smallest absolute Gasteiger partial charge is 0.321 e. The Morgan fingerprint density at radius 3 is 2.43 bits per heavy atom. The lowest BCUT2D eigenvalue weighted by atomic mass is 10.1. The van der Waals surface area contributed by atoms with Crippen LogP contribution in [0.3, 0.4) is 0 Å². The first-order chi connectivity index (χ1) is 10.5. The fourth-order valence-corrected chi connectivity index (χ4v) is 5.24. The number of amides is 3. The quantitative estimate of drug-likeness (QED) is 0.661. The topological polar surface area (TPSA) is 119 Å². The SMILES string of the molecule is CC(C)(C)NC(=O)NC(=O)COC(=O)CS[C@@H]1CCS(=O)(=O)C1. The molecule has 10 heteroatoms. The molecule has 1 fully saturated rings. The number of ether oxygens (including phenoxy) is 1. The van der Waals surface area contributed by atoms with Crippen molar-refractivity contribution in [2.45, 2.75) is 38.0 Å². The normalized spacial score (nSPS) is 19.9. The minimum atomic E-state index is -2.98. The van der Waals surface area contributed by atoms with Gasteiger partial charge in [0.15, 0.2) is 16.4 Å². The molecule has 23 heavy (non-hydrogen) atoms. The number of sulfone groups is 1. The molecule has 1 aliphatic rings. The second kappa shape index (κ2) is 8.00. The number of imide groups is 1. The average molecular weight is 366 g/mol. The summed E-state index contributed by atoms with van der Waals surface area (Å²) in [5.41, 5.74) is -0.487. The van der Waals surface area contributed by atoms with E-state index in [0.29, 0.717) is 6.42 Å². The van der Waals surface area contributed by atoms with Gasteiger partial charge >= 0.3 is 12.0 Å². The third-order valence-corrected chi connectivity index (χ3v) is 5.99. The summed E-state index contributed by atoms with van der Waals surface area (Å²) in [5, 5.41) is 4.47. The standard InChI is InChI=1S/C13H22N2O6S2/c1-13(2,3)15-12(18)14-10(16)6-21-11(17)7-22-9-4-5-23(19,20)8-9/h9H,4-8H2,1-3H3,(H2,14,15,16,18)/t9-/m1/s1. The zero-order valence-electron chi connectivity index (χ0n) is 13.4. The summed E-state index contributed by atoms with van der Waals surface area (Å²) >= 11 is 1.20. The maximum atomic E-state index is 11.5. The van der Waals surface area contributed by atoms with Crippen LogP contribution in [-0.4, -0.2) is 61.0 Å². The summed E-state index contributed by atoms with van der Waals surface area (Å²) in [6, 6.07) is -0.663. The van der Waals surface area contributed by atoms with Crippen LogP contribution in [0.15, 0.2) is 0 Å². The van der Waals surface area contributed by atoms with E-state index in [1.54, 1.807) is 20.8 Å². The predicted octanol–water partition coefficient (Wildman–Crippen LogP) is 0.0742. The largest absolute Gasteiger partial charge is 0.455 e. The fourth-order valence-electron chi connectivity index (χ4n) is 1.80. The van der Waals surface area contributed by atoms with Crippen LogP contribution < -0.4 is 10.6 Å². The van der Waals surface area contributed by atoms with E-state index in [9.17, 15) is 22.8 Å². The van der Waals surface area contributed by atoms with Crippen LogP contribution >= 0.6 is 11.8 Å². The van der Waals surface area contributed by atoms with Gasteiger partial charge in [-0.3, -0.25) is 14.9 Å². The van der Waals surface area contributed by atoms with E-state index >= 15 is 0 Å². The van der Waals surface area contributed by atoms with Gasteiger partial charge in [0.05, 0.1) is 17.3 Å². The van der Waals surface area contributed by atoms with Crippen LogP contribution in [-0.2, 0) is 24.2 Å². The summed E-state index contributed by atoms with van der Waals surface area (Å²) in [5.74, 6) is -1.16. The van der Waals surface area contributed by atoms with Crippen LogP contribution in [0.25, 0.3) is 0 Å². The van der Waals surface area contributed by atoms with Crippen LogP contribution in [0.1, 0.15) is 27.2 Å². The lowest BCUT2D eigenvalue weighted by molar-refractivity contribution is -0.145. The number of rotatable bonds is 5. The van der Waals surface area contributed by atoms with Gasteiger partial charge in [-0.25, -0.2) is 13.2 Å². The number of carbonyl (C=O) groups is 3. The summed E-state index contributed by atoms with van der Waals surface area (Å²) in [4.78, 5) is 34.4. The van der Waals surface area contributed by atoms with Crippen LogP contribution in [0.4, 0.5) is 4.79 Å². The minimum Gasteiger partial charge on any atom is -0.455 e. The van der Waals surface area contributed by atoms with Gasteiger partial charge in [0.25, 0.3) is 5.91 Å². The summed E-state index contributed by atoms with van der Waals surface area (Å²) < 4.78 is 27.3. The van der Waals surface area contributed by atoms with E-state index in [4.69, 9.17) is 4.74 Å². The molecule has 1 atom stereocenters. The molecule has 1 aliphatic heterocycles. The second-order valence-corrected chi connectivity index (χ2v) is 9.77. The Morgan fingerprint density at radius 2 is 1.91 bits per heavy atom. The molecule has 3 amide bonds. The fraction of sp³-hybridized carbons (Fsp3) is 0.769. The van der Waals surface area contributed by atoms with Crippen molar-refractivity contribution in [1.82, 2.24) is 10.6 Å². The molecule has 0 bridgehead atoms. The molecular weight excluding hydrogens is 344 g/mol. The number of hydrogen-bond acceptors (Lipinski definition) is 7. The number of carbonyl (C=O) groups excluding carboxylic acids is 3. The van der Waals surface area contributed by atoms with Gasteiger partial charge in [0.1, 0.15) is 0 Å². The maximum absolute atomic E-state index is 11.5. The van der Waals surface area contributed by atoms with Crippen LogP contribution in [0.2, 0.25) is 0 Å². The van der Waals surface area contributed by atoms with Crippen molar-refractivity contribution in [3.8, 4) is 0 Å². The minimum absolute atomic E-state index is 0.0261. The number of thioether (sulfide) groups is 1. The first-order valence-electron chi connectivity index (χ1n) is 7.06. The number of hydrogen-bond donors (Lipinski definition) is 2. The van der Waals surface area contributed by atoms with Gasteiger partial charge in [-0.1, -0.05) is 0 Å². The monoisotopic (exact) mass is 366 g/mol. The molecule has 0 unspecified atom stereocenters. The van der Waals surface area contributed by atoms with Gasteiger partial charge in [-0.2, -0.15) is 0 Å². The van der Waals surface area contributed by atoms with Crippen molar-refractivity contribution in [2.75, 3.05) is 23.9 Å². The molecular formula is C13H22N2O6S2. The molecule has 1 rings (SSSR count). The maximum Gasteiger partial charge on any atom is 0.321 e. The molecule has 2 N–H and O–H groups in total. The zero-order chi connectivity index (χ0) is 17.7. The van der Waals surface area contributed by atoms with Gasteiger partial charge in [0.2, 0.25) is 0 Å². The molecule has 0 saturated carbocycles. The van der Waals surface area contributed by atoms with Gasteiger partial charge in [0, 0.05) is 10.8 Å². The van der Waals surface area contributed by atoms with Crippen molar-refractivity contribution in [1.29, 1.82) is 0 Å². The molecule has 132 valence electrons. The van der Waals surface area contributed by atoms with Gasteiger partial charge in [-0.05, 0) is 27.2 Å². The van der Waals surface area contributed by atoms with Crippen molar-refractivity contribution >= 4 is 39.5 Å². The third kappa shape index (κ3) is 8.80. The van der Waals surface area contributed by atoms with E-state index in [1.807, 2.05) is 5.32 Å². The molecule has 1 saturated heterocycles. The number of urea groups is 1. The van der Waals surface area contributed by atoms with E-state index in [2.05, 4.69) is 5.32 Å². The molecule has 0 aromatic carbocycles. The highest BCUT2D eigenvalue weighted by atomic mass is 32.2. The number of esters is 1. The highest BCUT2D eigenvalue weighted by Crippen LogP contribution is 2.24. The highest BCUT2D eigenvalue weighted by Gasteiger charge is 2.28. The van der Waals surface area contributed by atoms with E-state index < -0.39 is 39.9 Å². The second-order valence-electron chi connectivity index (χ2n) is 6.25. The first kappa shape index (κ1) is 19.8. The summed E-state index contributed by atoms with van der Waals surface area (Å²) in [6.45, 7) is 4.73. The average Bonchev–Trinajstić information content (AvgIpc) is 2.71. The Labute approximate surface area is 140 Å². The van der Waals surface area contributed by atoms with Crippen LogP contribution in [0, 0.1) is 0 Å². The van der Waals surface area contributed by atoms with Crippen molar-refractivity contribution in [2.24, 2.45) is 0 Å². The van der Waals surface area contributed by atoms with Gasteiger partial charge < -0.3 is 10.1 Å².